The second-order valence-electron chi connectivity index (χ2n) is 2.42. The quantitative estimate of drug-likeness (QED) is 0.889. The summed E-state index contributed by atoms with van der Waals surface area (Å²) >= 11 is 2.97. The van der Waals surface area contributed by atoms with E-state index in [0.717, 1.165) is 0 Å². The Kier molecular flexibility index (Phi) is 3.49. The number of nitrogens with zero attached hydrogens (tertiary/aromatic N) is 2. The van der Waals surface area contributed by atoms with Crippen molar-refractivity contribution in [2.24, 2.45) is 0 Å². The van der Waals surface area contributed by atoms with Crippen molar-refractivity contribution < 1.29 is 13.9 Å². The second-order valence-corrected chi connectivity index (χ2v) is 3.27. The number of alkyl halides is 2. The predicted molar refractivity (Wildman–Crippen MR) is 47.5 cm³/mol. The SMILES string of the molecule is N#Cc1ncc(Br)c(CO)c1C(F)F. The first-order valence-corrected chi connectivity index (χ1v) is 4.37. The molecule has 0 atom stereocenters. The topological polar surface area (TPSA) is 56.9 Å². The van der Waals surface area contributed by atoms with Gasteiger partial charge in [0.15, 0.2) is 0 Å². The van der Waals surface area contributed by atoms with Crippen LogP contribution in [-0.2, 0) is 6.61 Å². The highest BCUT2D eigenvalue weighted by atomic mass is 79.9. The van der Waals surface area contributed by atoms with Gasteiger partial charge in [-0.1, -0.05) is 0 Å². The van der Waals surface area contributed by atoms with E-state index in [1.54, 1.807) is 6.07 Å². The molecule has 0 saturated heterocycles. The van der Waals surface area contributed by atoms with Crippen molar-refractivity contribution in [2.45, 2.75) is 13.0 Å². The van der Waals surface area contributed by atoms with Crippen LogP contribution in [0.2, 0.25) is 0 Å². The highest BCUT2D eigenvalue weighted by Gasteiger charge is 2.20. The maximum atomic E-state index is 12.5. The predicted octanol–water partition coefficient (Wildman–Crippen LogP) is 2.15. The summed E-state index contributed by atoms with van der Waals surface area (Å²) in [6.45, 7) is -0.558. The van der Waals surface area contributed by atoms with Crippen LogP contribution >= 0.6 is 15.9 Å². The number of aromatic nitrogens is 1. The summed E-state index contributed by atoms with van der Waals surface area (Å²) in [4.78, 5) is 3.53. The Hall–Kier alpha value is -1.06. The number of hydrogen-bond acceptors (Lipinski definition) is 3. The van der Waals surface area contributed by atoms with Gasteiger partial charge in [-0.25, -0.2) is 13.8 Å². The molecular weight excluding hydrogens is 258 g/mol. The molecule has 1 aromatic rings. The number of hydrogen-bond donors (Lipinski definition) is 1. The number of pyridine rings is 1. The molecule has 0 aromatic carbocycles. The zero-order chi connectivity index (χ0) is 10.7. The zero-order valence-corrected chi connectivity index (χ0v) is 8.42. The summed E-state index contributed by atoms with van der Waals surface area (Å²) in [5.41, 5.74) is -0.858. The van der Waals surface area contributed by atoms with Gasteiger partial charge >= 0.3 is 0 Å². The number of aliphatic hydroxyl groups excluding tert-OH is 1. The Morgan fingerprint density at radius 3 is 2.71 bits per heavy atom. The highest BCUT2D eigenvalue weighted by Crippen LogP contribution is 2.30. The molecule has 0 fully saturated rings. The van der Waals surface area contributed by atoms with Crippen LogP contribution in [0, 0.1) is 11.3 Å². The maximum Gasteiger partial charge on any atom is 0.267 e. The van der Waals surface area contributed by atoms with Crippen molar-refractivity contribution >= 4 is 15.9 Å². The molecule has 1 rings (SSSR count). The van der Waals surface area contributed by atoms with Crippen LogP contribution in [-0.4, -0.2) is 10.1 Å². The number of rotatable bonds is 2. The van der Waals surface area contributed by atoms with Gasteiger partial charge < -0.3 is 5.11 Å². The monoisotopic (exact) mass is 262 g/mol. The van der Waals surface area contributed by atoms with E-state index in [-0.39, 0.29) is 15.7 Å². The van der Waals surface area contributed by atoms with Crippen LogP contribution in [0.15, 0.2) is 10.7 Å². The van der Waals surface area contributed by atoms with Crippen LogP contribution < -0.4 is 0 Å². The van der Waals surface area contributed by atoms with Gasteiger partial charge in [0.05, 0.1) is 12.2 Å². The summed E-state index contributed by atoms with van der Waals surface area (Å²) < 4.78 is 25.3. The van der Waals surface area contributed by atoms with Gasteiger partial charge in [0, 0.05) is 16.2 Å². The summed E-state index contributed by atoms with van der Waals surface area (Å²) in [5, 5.41) is 17.4. The molecule has 0 aliphatic carbocycles. The fraction of sp³-hybridized carbons (Fsp3) is 0.250. The molecule has 0 amide bonds. The summed E-state index contributed by atoms with van der Waals surface area (Å²) in [7, 11) is 0. The molecule has 1 aromatic heterocycles. The standard InChI is InChI=1S/C8H5BrF2N2O/c9-5-2-13-6(1-12)7(8(10)11)4(5)3-14/h2,8,14H,3H2. The van der Waals surface area contributed by atoms with E-state index in [0.29, 0.717) is 0 Å². The Morgan fingerprint density at radius 2 is 2.29 bits per heavy atom. The first kappa shape index (κ1) is 11.0. The van der Waals surface area contributed by atoms with Crippen molar-refractivity contribution in [1.29, 1.82) is 5.26 Å². The molecule has 14 heavy (non-hydrogen) atoms. The van der Waals surface area contributed by atoms with Crippen molar-refractivity contribution in [1.82, 2.24) is 4.98 Å². The molecule has 0 aliphatic heterocycles. The average molecular weight is 263 g/mol. The molecule has 1 heterocycles. The van der Waals surface area contributed by atoms with Crippen molar-refractivity contribution in [2.75, 3.05) is 0 Å². The van der Waals surface area contributed by atoms with E-state index in [1.165, 1.54) is 6.20 Å². The van der Waals surface area contributed by atoms with Crippen molar-refractivity contribution in [3.63, 3.8) is 0 Å². The smallest absolute Gasteiger partial charge is 0.267 e. The Balaban J connectivity index is 3.46. The summed E-state index contributed by atoms with van der Waals surface area (Å²) in [6.07, 6.45) is -1.60. The largest absolute Gasteiger partial charge is 0.392 e. The van der Waals surface area contributed by atoms with Gasteiger partial charge in [0.1, 0.15) is 11.8 Å². The summed E-state index contributed by atoms with van der Waals surface area (Å²) in [6, 6.07) is 1.56. The second kappa shape index (κ2) is 4.44. The molecule has 0 aliphatic rings. The fourth-order valence-electron chi connectivity index (χ4n) is 1.03. The van der Waals surface area contributed by atoms with E-state index < -0.39 is 18.6 Å². The van der Waals surface area contributed by atoms with E-state index >= 15 is 0 Å². The minimum atomic E-state index is -2.82. The molecule has 6 heteroatoms. The number of halogens is 3. The molecule has 74 valence electrons. The molecule has 0 unspecified atom stereocenters. The third-order valence-electron chi connectivity index (χ3n) is 1.66. The fourth-order valence-corrected chi connectivity index (χ4v) is 1.47. The highest BCUT2D eigenvalue weighted by molar-refractivity contribution is 9.10. The molecule has 0 bridgehead atoms. The molecule has 0 spiro atoms. The van der Waals surface area contributed by atoms with Gasteiger partial charge in [0.25, 0.3) is 6.43 Å². The van der Waals surface area contributed by atoms with Crippen molar-refractivity contribution in [3.8, 4) is 6.07 Å². The Labute approximate surface area is 87.1 Å². The minimum Gasteiger partial charge on any atom is -0.392 e. The number of aliphatic hydroxyl groups is 1. The first-order chi connectivity index (χ1) is 6.61. The van der Waals surface area contributed by atoms with Crippen LogP contribution in [0.5, 0.6) is 0 Å². The van der Waals surface area contributed by atoms with Crippen LogP contribution in [0.3, 0.4) is 0 Å². The molecule has 3 nitrogen and oxygen atoms in total. The lowest BCUT2D eigenvalue weighted by Gasteiger charge is -2.09. The lowest BCUT2D eigenvalue weighted by Crippen LogP contribution is -2.02. The normalized spacial score (nSPS) is 10.3. The van der Waals surface area contributed by atoms with Crippen LogP contribution in [0.1, 0.15) is 23.2 Å². The van der Waals surface area contributed by atoms with Crippen LogP contribution in [0.25, 0.3) is 0 Å². The van der Waals surface area contributed by atoms with E-state index in [1.807, 2.05) is 0 Å². The van der Waals surface area contributed by atoms with E-state index in [9.17, 15) is 8.78 Å². The van der Waals surface area contributed by atoms with Gasteiger partial charge in [0.2, 0.25) is 0 Å². The molecule has 0 saturated carbocycles. The van der Waals surface area contributed by atoms with E-state index in [4.69, 9.17) is 10.4 Å². The first-order valence-electron chi connectivity index (χ1n) is 3.58. The van der Waals surface area contributed by atoms with E-state index in [2.05, 4.69) is 20.9 Å². The lowest BCUT2D eigenvalue weighted by atomic mass is 10.1. The zero-order valence-electron chi connectivity index (χ0n) is 6.84. The maximum absolute atomic E-state index is 12.5. The molecular formula is C8H5BrF2N2O. The summed E-state index contributed by atoms with van der Waals surface area (Å²) in [5.74, 6) is 0. The Morgan fingerprint density at radius 1 is 1.64 bits per heavy atom. The lowest BCUT2D eigenvalue weighted by molar-refractivity contribution is 0.146. The van der Waals surface area contributed by atoms with Crippen molar-refractivity contribution in [3.05, 3.63) is 27.5 Å². The van der Waals surface area contributed by atoms with Gasteiger partial charge in [-0.05, 0) is 15.9 Å². The van der Waals surface area contributed by atoms with Gasteiger partial charge in [-0.2, -0.15) is 5.26 Å². The third kappa shape index (κ3) is 1.89. The molecule has 0 radical (unpaired) electrons. The minimum absolute atomic E-state index is 0.00606. The molecule has 1 N–H and O–H groups in total. The Bertz CT molecular complexity index is 390. The van der Waals surface area contributed by atoms with Gasteiger partial charge in [-0.3, -0.25) is 0 Å². The van der Waals surface area contributed by atoms with Gasteiger partial charge in [-0.15, -0.1) is 0 Å². The third-order valence-corrected chi connectivity index (χ3v) is 2.34. The number of nitriles is 1. The average Bonchev–Trinajstić information content (AvgIpc) is 2.17. The van der Waals surface area contributed by atoms with Crippen LogP contribution in [0.4, 0.5) is 8.78 Å².